The first-order chi connectivity index (χ1) is 7.25. The highest BCUT2D eigenvalue weighted by atomic mass is 15.3. The summed E-state index contributed by atoms with van der Waals surface area (Å²) < 4.78 is 1.84. The number of H-pyrrole nitrogens is 1. The first-order valence-electron chi connectivity index (χ1n) is 4.94. The summed E-state index contributed by atoms with van der Waals surface area (Å²) in [6.07, 6.45) is 3.79. The van der Waals surface area contributed by atoms with E-state index < -0.39 is 0 Å². The van der Waals surface area contributed by atoms with Crippen molar-refractivity contribution in [1.82, 2.24) is 25.3 Å². The highest BCUT2D eigenvalue weighted by Crippen LogP contribution is 2.04. The van der Waals surface area contributed by atoms with Crippen LogP contribution in [0.3, 0.4) is 0 Å². The maximum atomic E-state index is 4.28. The zero-order valence-corrected chi connectivity index (χ0v) is 8.99. The minimum Gasteiger partial charge on any atom is -0.307 e. The largest absolute Gasteiger partial charge is 0.307 e. The van der Waals surface area contributed by atoms with Crippen LogP contribution < -0.4 is 5.32 Å². The van der Waals surface area contributed by atoms with Crippen LogP contribution in [0.5, 0.6) is 0 Å². The third-order valence-corrected chi connectivity index (χ3v) is 2.30. The van der Waals surface area contributed by atoms with Crippen molar-refractivity contribution < 1.29 is 0 Å². The Labute approximate surface area is 88.5 Å². The molecule has 2 aromatic rings. The monoisotopic (exact) mass is 205 g/mol. The van der Waals surface area contributed by atoms with E-state index in [2.05, 4.69) is 20.6 Å². The molecular weight excluding hydrogens is 190 g/mol. The molecule has 0 unspecified atom stereocenters. The molecule has 80 valence electrons. The van der Waals surface area contributed by atoms with E-state index in [9.17, 15) is 0 Å². The minimum absolute atomic E-state index is 0.800. The second kappa shape index (κ2) is 4.27. The minimum atomic E-state index is 0.800. The van der Waals surface area contributed by atoms with Gasteiger partial charge >= 0.3 is 0 Å². The fourth-order valence-electron chi connectivity index (χ4n) is 1.54. The molecule has 0 aliphatic rings. The quantitative estimate of drug-likeness (QED) is 0.774. The van der Waals surface area contributed by atoms with Crippen molar-refractivity contribution >= 4 is 0 Å². The number of nitrogens with zero attached hydrogens (tertiary/aromatic N) is 3. The summed E-state index contributed by atoms with van der Waals surface area (Å²) in [6, 6.07) is 1.96. The first kappa shape index (κ1) is 9.92. The van der Waals surface area contributed by atoms with Crippen LogP contribution in [0.2, 0.25) is 0 Å². The van der Waals surface area contributed by atoms with Crippen molar-refractivity contribution in [3.8, 4) is 0 Å². The van der Waals surface area contributed by atoms with Crippen LogP contribution in [0, 0.1) is 6.92 Å². The van der Waals surface area contributed by atoms with Crippen LogP contribution in [0.4, 0.5) is 0 Å². The van der Waals surface area contributed by atoms with Gasteiger partial charge in [-0.3, -0.25) is 9.78 Å². The molecule has 0 fully saturated rings. The number of hydrogen-bond donors (Lipinski definition) is 2. The van der Waals surface area contributed by atoms with Gasteiger partial charge in [0.25, 0.3) is 0 Å². The fourth-order valence-corrected chi connectivity index (χ4v) is 1.54. The van der Waals surface area contributed by atoms with Crippen molar-refractivity contribution in [2.24, 2.45) is 7.05 Å². The normalized spacial score (nSPS) is 10.8. The molecule has 0 amide bonds. The van der Waals surface area contributed by atoms with E-state index >= 15 is 0 Å². The molecule has 0 radical (unpaired) electrons. The van der Waals surface area contributed by atoms with Crippen LogP contribution in [-0.2, 0) is 20.1 Å². The smallest absolute Gasteiger partial charge is 0.0638 e. The van der Waals surface area contributed by atoms with Crippen LogP contribution in [0.1, 0.15) is 17.0 Å². The Morgan fingerprint density at radius 3 is 2.93 bits per heavy atom. The molecule has 0 atom stereocenters. The van der Waals surface area contributed by atoms with E-state index in [0.717, 1.165) is 24.5 Å². The van der Waals surface area contributed by atoms with E-state index in [-0.39, 0.29) is 0 Å². The lowest BCUT2D eigenvalue weighted by molar-refractivity contribution is 0.674. The Kier molecular flexibility index (Phi) is 2.82. The molecule has 5 nitrogen and oxygen atoms in total. The molecule has 0 aliphatic heterocycles. The Hall–Kier alpha value is -1.62. The Morgan fingerprint density at radius 2 is 2.33 bits per heavy atom. The van der Waals surface area contributed by atoms with Crippen molar-refractivity contribution in [3.05, 3.63) is 35.4 Å². The van der Waals surface area contributed by atoms with Crippen molar-refractivity contribution in [2.45, 2.75) is 20.0 Å². The van der Waals surface area contributed by atoms with Crippen molar-refractivity contribution in [2.75, 3.05) is 0 Å². The maximum Gasteiger partial charge on any atom is 0.0638 e. The molecule has 0 spiro atoms. The predicted octanol–water partition coefficient (Wildman–Crippen LogP) is 0.741. The zero-order valence-electron chi connectivity index (χ0n) is 8.99. The molecule has 0 aliphatic carbocycles. The summed E-state index contributed by atoms with van der Waals surface area (Å²) in [5.74, 6) is 0. The molecule has 0 saturated carbocycles. The molecule has 15 heavy (non-hydrogen) atoms. The van der Waals surface area contributed by atoms with Gasteiger partial charge in [-0.05, 0) is 13.0 Å². The van der Waals surface area contributed by atoms with Gasteiger partial charge in [-0.1, -0.05) is 0 Å². The van der Waals surface area contributed by atoms with E-state index in [1.54, 1.807) is 6.20 Å². The summed E-state index contributed by atoms with van der Waals surface area (Å²) in [4.78, 5) is 0. The average Bonchev–Trinajstić information content (AvgIpc) is 2.77. The van der Waals surface area contributed by atoms with Crippen LogP contribution >= 0.6 is 0 Å². The molecule has 5 heteroatoms. The number of nitrogens with one attached hydrogen (secondary N) is 2. The van der Waals surface area contributed by atoms with E-state index in [1.165, 1.54) is 5.56 Å². The molecule has 0 saturated heterocycles. The molecule has 2 N–H and O–H groups in total. The number of aromatic nitrogens is 4. The van der Waals surface area contributed by atoms with E-state index in [1.807, 2.05) is 30.9 Å². The second-order valence-corrected chi connectivity index (χ2v) is 3.60. The molecule has 2 aromatic heterocycles. The van der Waals surface area contributed by atoms with Gasteiger partial charge in [-0.25, -0.2) is 0 Å². The van der Waals surface area contributed by atoms with Gasteiger partial charge in [0, 0.05) is 43.8 Å². The maximum absolute atomic E-state index is 4.28. The van der Waals surface area contributed by atoms with E-state index in [4.69, 9.17) is 0 Å². The summed E-state index contributed by atoms with van der Waals surface area (Å²) in [5.41, 5.74) is 3.41. The van der Waals surface area contributed by atoms with Gasteiger partial charge < -0.3 is 5.32 Å². The third-order valence-electron chi connectivity index (χ3n) is 2.30. The van der Waals surface area contributed by atoms with Gasteiger partial charge in [0.2, 0.25) is 0 Å². The van der Waals surface area contributed by atoms with Crippen molar-refractivity contribution in [1.29, 1.82) is 0 Å². The summed E-state index contributed by atoms with van der Waals surface area (Å²) >= 11 is 0. The predicted molar refractivity (Wildman–Crippen MR) is 57.1 cm³/mol. The average molecular weight is 205 g/mol. The molecule has 0 aromatic carbocycles. The molecular formula is C10H15N5. The number of aryl methyl sites for hydroxylation is 2. The van der Waals surface area contributed by atoms with Crippen molar-refractivity contribution in [3.63, 3.8) is 0 Å². The molecule has 2 rings (SSSR count). The Balaban J connectivity index is 1.86. The summed E-state index contributed by atoms with van der Waals surface area (Å²) in [5, 5.41) is 14.4. The van der Waals surface area contributed by atoms with Crippen LogP contribution in [0.25, 0.3) is 0 Å². The van der Waals surface area contributed by atoms with Crippen LogP contribution in [0.15, 0.2) is 18.5 Å². The lowest BCUT2D eigenvalue weighted by atomic mass is 10.2. The Morgan fingerprint density at radius 1 is 1.47 bits per heavy atom. The van der Waals surface area contributed by atoms with Gasteiger partial charge in [0.05, 0.1) is 5.69 Å². The Bertz CT molecular complexity index is 415. The highest BCUT2D eigenvalue weighted by molar-refractivity contribution is 5.14. The number of rotatable bonds is 4. The fraction of sp³-hybridized carbons (Fsp3) is 0.400. The topological polar surface area (TPSA) is 58.5 Å². The SMILES string of the molecule is Cc1nn(C)cc1CNCc1ccn[nH]1. The molecule has 0 bridgehead atoms. The van der Waals surface area contributed by atoms with Crippen LogP contribution in [-0.4, -0.2) is 20.0 Å². The lowest BCUT2D eigenvalue weighted by Crippen LogP contribution is -2.13. The third kappa shape index (κ3) is 2.44. The second-order valence-electron chi connectivity index (χ2n) is 3.60. The molecule has 2 heterocycles. The number of hydrogen-bond acceptors (Lipinski definition) is 3. The standard InChI is InChI=1S/C10H15N5/c1-8-9(7-15(2)14-8)5-11-6-10-3-4-12-13-10/h3-4,7,11H,5-6H2,1-2H3,(H,12,13). The zero-order chi connectivity index (χ0) is 10.7. The summed E-state index contributed by atoms with van der Waals surface area (Å²) in [6.45, 7) is 3.65. The number of aromatic amines is 1. The highest BCUT2D eigenvalue weighted by Gasteiger charge is 2.02. The van der Waals surface area contributed by atoms with Gasteiger partial charge in [0.1, 0.15) is 0 Å². The first-order valence-corrected chi connectivity index (χ1v) is 4.94. The summed E-state index contributed by atoms with van der Waals surface area (Å²) in [7, 11) is 1.94. The van der Waals surface area contributed by atoms with Gasteiger partial charge in [-0.15, -0.1) is 0 Å². The van der Waals surface area contributed by atoms with E-state index in [0.29, 0.717) is 0 Å². The van der Waals surface area contributed by atoms with Gasteiger partial charge in [0.15, 0.2) is 0 Å². The van der Waals surface area contributed by atoms with Gasteiger partial charge in [-0.2, -0.15) is 10.2 Å². The lowest BCUT2D eigenvalue weighted by Gasteiger charge is -2.01.